The molecule has 0 atom stereocenters. The number of methoxy groups -OCH3 is 1. The first-order valence-electron chi connectivity index (χ1n) is 12.9. The van der Waals surface area contributed by atoms with Crippen molar-refractivity contribution in [3.8, 4) is 0 Å². The van der Waals surface area contributed by atoms with Crippen LogP contribution in [0.5, 0.6) is 0 Å². The van der Waals surface area contributed by atoms with E-state index in [1.807, 2.05) is 0 Å². The predicted molar refractivity (Wildman–Crippen MR) is 132 cm³/mol. The molecule has 3 heteroatoms. The summed E-state index contributed by atoms with van der Waals surface area (Å²) in [6.45, 7) is 0. The number of rotatable bonds is 24. The molecule has 0 amide bonds. The van der Waals surface area contributed by atoms with Crippen molar-refractivity contribution in [1.29, 1.82) is 0 Å². The van der Waals surface area contributed by atoms with Gasteiger partial charge in [-0.25, -0.2) is 0 Å². The van der Waals surface area contributed by atoms with Crippen molar-refractivity contribution in [3.63, 3.8) is 0 Å². The molecule has 0 spiro atoms. The van der Waals surface area contributed by atoms with Crippen LogP contribution in [0.3, 0.4) is 0 Å². The van der Waals surface area contributed by atoms with Crippen molar-refractivity contribution in [2.24, 2.45) is 0 Å². The Kier molecular flexibility index (Phi) is 25.9. The van der Waals surface area contributed by atoms with Crippen molar-refractivity contribution >= 4 is 21.9 Å². The normalized spacial score (nSPS) is 11.1. The SMILES string of the molecule is COC(=O)CCCCCCCCCCCCCCCCCCCCCCCCBr. The van der Waals surface area contributed by atoms with Gasteiger partial charge in [-0.2, -0.15) is 0 Å². The lowest BCUT2D eigenvalue weighted by Crippen LogP contribution is -1.99. The molecule has 0 rings (SSSR count). The molecule has 0 aromatic heterocycles. The van der Waals surface area contributed by atoms with Gasteiger partial charge >= 0.3 is 5.97 Å². The molecule has 0 bridgehead atoms. The molecule has 0 aromatic rings. The molecule has 0 aliphatic rings. The Morgan fingerprint density at radius 2 is 0.724 bits per heavy atom. The van der Waals surface area contributed by atoms with Crippen molar-refractivity contribution in [2.75, 3.05) is 12.4 Å². The van der Waals surface area contributed by atoms with Gasteiger partial charge in [0.2, 0.25) is 0 Å². The maximum atomic E-state index is 11.0. The monoisotopic (exact) mass is 474 g/mol. The number of ether oxygens (including phenoxy) is 1. The van der Waals surface area contributed by atoms with E-state index in [0.29, 0.717) is 6.42 Å². The van der Waals surface area contributed by atoms with Crippen LogP contribution in [-0.2, 0) is 9.53 Å². The van der Waals surface area contributed by atoms with Gasteiger partial charge in [-0.15, -0.1) is 0 Å². The highest BCUT2D eigenvalue weighted by Crippen LogP contribution is 2.15. The van der Waals surface area contributed by atoms with Gasteiger partial charge < -0.3 is 4.74 Å². The molecule has 0 unspecified atom stereocenters. The van der Waals surface area contributed by atoms with Gasteiger partial charge in [0.1, 0.15) is 0 Å². The Balaban J connectivity index is 3.01. The van der Waals surface area contributed by atoms with E-state index in [-0.39, 0.29) is 5.97 Å². The molecule has 0 saturated heterocycles. The second-order valence-corrected chi connectivity index (χ2v) is 9.59. The molecule has 0 aliphatic heterocycles. The summed E-state index contributed by atoms with van der Waals surface area (Å²) < 4.78 is 4.66. The first-order valence-corrected chi connectivity index (χ1v) is 14.1. The Morgan fingerprint density at radius 1 is 0.483 bits per heavy atom. The van der Waals surface area contributed by atoms with Gasteiger partial charge in [-0.1, -0.05) is 144 Å². The molecule has 0 saturated carbocycles. The maximum Gasteiger partial charge on any atom is 0.305 e. The van der Waals surface area contributed by atoms with Crippen LogP contribution in [-0.4, -0.2) is 18.4 Å². The summed E-state index contributed by atoms with van der Waals surface area (Å²) in [6.07, 6.45) is 31.2. The summed E-state index contributed by atoms with van der Waals surface area (Å²) in [4.78, 5) is 11.0. The van der Waals surface area contributed by atoms with Gasteiger partial charge in [0.05, 0.1) is 7.11 Å². The third-order valence-corrected chi connectivity index (χ3v) is 6.55. The van der Waals surface area contributed by atoms with E-state index < -0.39 is 0 Å². The van der Waals surface area contributed by atoms with E-state index >= 15 is 0 Å². The number of alkyl halides is 1. The Hall–Kier alpha value is -0.0500. The highest BCUT2D eigenvalue weighted by Gasteiger charge is 1.99. The Labute approximate surface area is 191 Å². The van der Waals surface area contributed by atoms with E-state index in [9.17, 15) is 4.79 Å². The van der Waals surface area contributed by atoms with Crippen LogP contribution in [0.1, 0.15) is 148 Å². The molecular formula is C26H51BrO2. The first-order chi connectivity index (χ1) is 14.3. The topological polar surface area (TPSA) is 26.3 Å². The van der Waals surface area contributed by atoms with Crippen LogP contribution in [0.15, 0.2) is 0 Å². The fourth-order valence-electron chi connectivity index (χ4n) is 4.00. The maximum absolute atomic E-state index is 11.0. The number of hydrogen-bond acceptors (Lipinski definition) is 2. The number of carbonyl (C=O) groups is 1. The first kappa shape index (κ1) is 28.9. The molecule has 0 aliphatic carbocycles. The average Bonchev–Trinajstić information content (AvgIpc) is 2.74. The van der Waals surface area contributed by atoms with Crippen LogP contribution in [0.4, 0.5) is 0 Å². The molecule has 29 heavy (non-hydrogen) atoms. The zero-order valence-electron chi connectivity index (χ0n) is 19.7. The summed E-state index contributed by atoms with van der Waals surface area (Å²) in [5.74, 6) is -0.0627. The zero-order chi connectivity index (χ0) is 21.3. The lowest BCUT2D eigenvalue weighted by Gasteiger charge is -2.04. The van der Waals surface area contributed by atoms with Crippen LogP contribution in [0.25, 0.3) is 0 Å². The van der Waals surface area contributed by atoms with Crippen LogP contribution in [0, 0.1) is 0 Å². The number of halogens is 1. The highest BCUT2D eigenvalue weighted by molar-refractivity contribution is 9.09. The van der Waals surface area contributed by atoms with E-state index in [4.69, 9.17) is 0 Å². The lowest BCUT2D eigenvalue weighted by molar-refractivity contribution is -0.140. The Bertz CT molecular complexity index is 320. The number of unbranched alkanes of at least 4 members (excludes halogenated alkanes) is 21. The zero-order valence-corrected chi connectivity index (χ0v) is 21.3. The Morgan fingerprint density at radius 3 is 0.966 bits per heavy atom. The number of carbonyl (C=O) groups excluding carboxylic acids is 1. The summed E-state index contributed by atoms with van der Waals surface area (Å²) in [5, 5.41) is 1.18. The fraction of sp³-hybridized carbons (Fsp3) is 0.962. The molecule has 0 aromatic carbocycles. The molecular weight excluding hydrogens is 424 g/mol. The van der Waals surface area contributed by atoms with E-state index in [2.05, 4.69) is 20.7 Å². The molecule has 0 radical (unpaired) electrons. The molecule has 0 N–H and O–H groups in total. The quantitative estimate of drug-likeness (QED) is 0.0789. The van der Waals surface area contributed by atoms with Crippen LogP contribution >= 0.6 is 15.9 Å². The smallest absolute Gasteiger partial charge is 0.305 e. The third kappa shape index (κ3) is 25.9. The average molecular weight is 476 g/mol. The molecule has 0 heterocycles. The van der Waals surface area contributed by atoms with E-state index in [1.165, 1.54) is 147 Å². The van der Waals surface area contributed by atoms with Crippen molar-refractivity contribution in [1.82, 2.24) is 0 Å². The van der Waals surface area contributed by atoms with Gasteiger partial charge in [-0.3, -0.25) is 4.79 Å². The van der Waals surface area contributed by atoms with Gasteiger partial charge in [-0.05, 0) is 12.8 Å². The minimum atomic E-state index is -0.0627. The lowest BCUT2D eigenvalue weighted by atomic mass is 10.0. The number of hydrogen-bond donors (Lipinski definition) is 0. The minimum absolute atomic E-state index is 0.0627. The third-order valence-electron chi connectivity index (χ3n) is 5.99. The van der Waals surface area contributed by atoms with Gasteiger partial charge in [0, 0.05) is 11.8 Å². The largest absolute Gasteiger partial charge is 0.469 e. The van der Waals surface area contributed by atoms with Crippen molar-refractivity contribution < 1.29 is 9.53 Å². The van der Waals surface area contributed by atoms with E-state index in [1.54, 1.807) is 0 Å². The summed E-state index contributed by atoms with van der Waals surface area (Å²) in [5.41, 5.74) is 0. The predicted octanol–water partition coefficient (Wildman–Crippen LogP) is 9.53. The van der Waals surface area contributed by atoms with Crippen LogP contribution in [0.2, 0.25) is 0 Å². The molecule has 174 valence electrons. The molecule has 0 fully saturated rings. The highest BCUT2D eigenvalue weighted by atomic mass is 79.9. The van der Waals surface area contributed by atoms with Crippen molar-refractivity contribution in [3.05, 3.63) is 0 Å². The second-order valence-electron chi connectivity index (χ2n) is 8.79. The fourth-order valence-corrected chi connectivity index (χ4v) is 4.40. The standard InChI is InChI=1S/C26H51BrO2/c1-29-26(28)24-22-20-18-16-14-12-10-8-6-4-2-3-5-7-9-11-13-15-17-19-21-23-25-27/h2-25H2,1H3. The van der Waals surface area contributed by atoms with Gasteiger partial charge in [0.25, 0.3) is 0 Å². The molecule has 2 nitrogen and oxygen atoms in total. The minimum Gasteiger partial charge on any atom is -0.469 e. The van der Waals surface area contributed by atoms with E-state index in [0.717, 1.165) is 6.42 Å². The summed E-state index contributed by atoms with van der Waals surface area (Å²) in [6, 6.07) is 0. The van der Waals surface area contributed by atoms with Crippen LogP contribution < -0.4 is 0 Å². The van der Waals surface area contributed by atoms with Gasteiger partial charge in [0.15, 0.2) is 0 Å². The summed E-state index contributed by atoms with van der Waals surface area (Å²) >= 11 is 3.50. The van der Waals surface area contributed by atoms with Crippen molar-refractivity contribution in [2.45, 2.75) is 148 Å². The summed E-state index contributed by atoms with van der Waals surface area (Å²) in [7, 11) is 1.47. The number of esters is 1. The second kappa shape index (κ2) is 26.0.